The SMILES string of the molecule is Cc1cccc2c(CCN=C(N)N3CCCCCC3)c[nH]c12.I. The Hall–Kier alpha value is -1.24. The maximum absolute atomic E-state index is 6.16. The van der Waals surface area contributed by atoms with Crippen molar-refractivity contribution in [1.29, 1.82) is 0 Å². The van der Waals surface area contributed by atoms with Crippen molar-refractivity contribution in [2.45, 2.75) is 39.0 Å². The summed E-state index contributed by atoms with van der Waals surface area (Å²) >= 11 is 0. The zero-order valence-electron chi connectivity index (χ0n) is 13.8. The van der Waals surface area contributed by atoms with Crippen LogP contribution in [0.15, 0.2) is 29.4 Å². The molecule has 0 atom stereocenters. The van der Waals surface area contributed by atoms with Gasteiger partial charge in [0.1, 0.15) is 0 Å². The van der Waals surface area contributed by atoms with Gasteiger partial charge in [-0.25, -0.2) is 0 Å². The molecule has 4 nitrogen and oxygen atoms in total. The first kappa shape index (κ1) is 18.1. The predicted molar refractivity (Wildman–Crippen MR) is 109 cm³/mol. The molecule has 3 rings (SSSR count). The lowest BCUT2D eigenvalue weighted by Crippen LogP contribution is -2.38. The Morgan fingerprint density at radius 3 is 2.70 bits per heavy atom. The Balaban J connectivity index is 0.00000192. The molecule has 0 unspecified atom stereocenters. The number of aromatic nitrogens is 1. The number of rotatable bonds is 3. The van der Waals surface area contributed by atoms with Crippen LogP contribution in [0.4, 0.5) is 0 Å². The van der Waals surface area contributed by atoms with Crippen LogP contribution in [0.25, 0.3) is 10.9 Å². The fourth-order valence-corrected chi connectivity index (χ4v) is 3.26. The standard InChI is InChI=1S/C18H26N4.HI/c1-14-7-6-8-16-15(13-21-17(14)16)9-10-20-18(19)22-11-4-2-3-5-12-22;/h6-8,13,21H,2-5,9-12H2,1H3,(H2,19,20);1H. The number of aryl methyl sites for hydroxylation is 1. The zero-order valence-corrected chi connectivity index (χ0v) is 16.2. The van der Waals surface area contributed by atoms with Gasteiger partial charge in [0, 0.05) is 36.7 Å². The maximum atomic E-state index is 6.16. The summed E-state index contributed by atoms with van der Waals surface area (Å²) in [5, 5.41) is 1.31. The van der Waals surface area contributed by atoms with Gasteiger partial charge in [-0.1, -0.05) is 31.0 Å². The summed E-state index contributed by atoms with van der Waals surface area (Å²) in [5.41, 5.74) is 10.0. The van der Waals surface area contributed by atoms with Gasteiger partial charge in [0.05, 0.1) is 0 Å². The van der Waals surface area contributed by atoms with Crippen molar-refractivity contribution in [3.05, 3.63) is 35.5 Å². The minimum Gasteiger partial charge on any atom is -0.370 e. The third kappa shape index (κ3) is 4.40. The lowest BCUT2D eigenvalue weighted by Gasteiger charge is -2.21. The number of para-hydroxylation sites is 1. The van der Waals surface area contributed by atoms with Crippen molar-refractivity contribution in [2.24, 2.45) is 10.7 Å². The minimum absolute atomic E-state index is 0. The molecule has 1 aliphatic rings. The second kappa shape index (κ2) is 8.57. The second-order valence-electron chi connectivity index (χ2n) is 6.20. The van der Waals surface area contributed by atoms with Gasteiger partial charge in [-0.15, -0.1) is 24.0 Å². The molecule has 0 radical (unpaired) electrons. The molecule has 2 heterocycles. The Kier molecular flexibility index (Phi) is 6.74. The van der Waals surface area contributed by atoms with E-state index in [1.165, 1.54) is 47.7 Å². The highest BCUT2D eigenvalue weighted by atomic mass is 127. The highest BCUT2D eigenvalue weighted by molar-refractivity contribution is 14.0. The number of fused-ring (bicyclic) bond motifs is 1. The monoisotopic (exact) mass is 426 g/mol. The molecular formula is C18H27IN4. The van der Waals surface area contributed by atoms with E-state index in [-0.39, 0.29) is 24.0 Å². The first-order valence-corrected chi connectivity index (χ1v) is 8.36. The number of hydrogen-bond donors (Lipinski definition) is 2. The van der Waals surface area contributed by atoms with Crippen molar-refractivity contribution in [3.63, 3.8) is 0 Å². The van der Waals surface area contributed by atoms with Crippen LogP contribution in [0.1, 0.15) is 36.8 Å². The number of likely N-dealkylation sites (tertiary alicyclic amines) is 1. The summed E-state index contributed by atoms with van der Waals surface area (Å²) < 4.78 is 0. The highest BCUT2D eigenvalue weighted by Crippen LogP contribution is 2.21. The van der Waals surface area contributed by atoms with Crippen molar-refractivity contribution in [2.75, 3.05) is 19.6 Å². The van der Waals surface area contributed by atoms with E-state index in [1.54, 1.807) is 0 Å². The second-order valence-corrected chi connectivity index (χ2v) is 6.20. The highest BCUT2D eigenvalue weighted by Gasteiger charge is 2.11. The molecule has 0 aliphatic carbocycles. The van der Waals surface area contributed by atoms with Crippen molar-refractivity contribution >= 4 is 40.8 Å². The number of hydrogen-bond acceptors (Lipinski definition) is 1. The molecule has 23 heavy (non-hydrogen) atoms. The molecule has 126 valence electrons. The maximum Gasteiger partial charge on any atom is 0.191 e. The molecule has 3 N–H and O–H groups in total. The van der Waals surface area contributed by atoms with Crippen LogP contribution in [0, 0.1) is 6.92 Å². The molecule has 0 bridgehead atoms. The van der Waals surface area contributed by atoms with Crippen molar-refractivity contribution < 1.29 is 0 Å². The number of nitrogens with two attached hydrogens (primary N) is 1. The number of aliphatic imine (C=N–C) groups is 1. The van der Waals surface area contributed by atoms with E-state index in [1.807, 2.05) is 0 Å². The average Bonchev–Trinajstić information content (AvgIpc) is 2.75. The first-order chi connectivity index (χ1) is 10.8. The Labute approximate surface area is 155 Å². The molecule has 0 amide bonds. The van der Waals surface area contributed by atoms with Gasteiger partial charge >= 0.3 is 0 Å². The first-order valence-electron chi connectivity index (χ1n) is 8.36. The van der Waals surface area contributed by atoms with Gasteiger partial charge in [0.25, 0.3) is 0 Å². The summed E-state index contributed by atoms with van der Waals surface area (Å²) in [6, 6.07) is 6.43. The Morgan fingerprint density at radius 1 is 1.22 bits per heavy atom. The summed E-state index contributed by atoms with van der Waals surface area (Å²) in [5.74, 6) is 0.720. The fourth-order valence-electron chi connectivity index (χ4n) is 3.26. The van der Waals surface area contributed by atoms with E-state index in [2.05, 4.69) is 46.2 Å². The summed E-state index contributed by atoms with van der Waals surface area (Å²) in [4.78, 5) is 10.2. The minimum atomic E-state index is 0. The van der Waals surface area contributed by atoms with Crippen LogP contribution >= 0.6 is 24.0 Å². The molecule has 0 spiro atoms. The van der Waals surface area contributed by atoms with E-state index in [0.717, 1.165) is 32.0 Å². The quantitative estimate of drug-likeness (QED) is 0.445. The van der Waals surface area contributed by atoms with Gasteiger partial charge in [-0.2, -0.15) is 0 Å². The number of H-pyrrole nitrogens is 1. The molecular weight excluding hydrogens is 399 g/mol. The summed E-state index contributed by atoms with van der Waals surface area (Å²) in [6.07, 6.45) is 8.14. The normalized spacial score (nSPS) is 16.2. The molecule has 1 fully saturated rings. The van der Waals surface area contributed by atoms with E-state index in [9.17, 15) is 0 Å². The molecule has 1 aromatic heterocycles. The Morgan fingerprint density at radius 2 is 1.96 bits per heavy atom. The van der Waals surface area contributed by atoms with E-state index in [0.29, 0.717) is 0 Å². The molecule has 5 heteroatoms. The smallest absolute Gasteiger partial charge is 0.191 e. The van der Waals surface area contributed by atoms with Crippen molar-refractivity contribution in [1.82, 2.24) is 9.88 Å². The summed E-state index contributed by atoms with van der Waals surface area (Å²) in [7, 11) is 0. The summed E-state index contributed by atoms with van der Waals surface area (Å²) in [6.45, 7) is 5.00. The molecule has 2 aromatic rings. The predicted octanol–water partition coefficient (Wildman–Crippen LogP) is 3.83. The molecule has 1 aliphatic heterocycles. The number of guanidine groups is 1. The van der Waals surface area contributed by atoms with Crippen LogP contribution in [-0.2, 0) is 6.42 Å². The van der Waals surface area contributed by atoms with Crippen LogP contribution in [-0.4, -0.2) is 35.5 Å². The van der Waals surface area contributed by atoms with Crippen LogP contribution < -0.4 is 5.73 Å². The van der Waals surface area contributed by atoms with Gasteiger partial charge in [-0.05, 0) is 37.3 Å². The Bertz CT molecular complexity index is 654. The van der Waals surface area contributed by atoms with Gasteiger partial charge in [0.15, 0.2) is 5.96 Å². The number of nitrogens with one attached hydrogen (secondary N) is 1. The third-order valence-electron chi connectivity index (χ3n) is 4.59. The third-order valence-corrected chi connectivity index (χ3v) is 4.59. The van der Waals surface area contributed by atoms with Gasteiger partial charge < -0.3 is 15.6 Å². The van der Waals surface area contributed by atoms with Crippen molar-refractivity contribution in [3.8, 4) is 0 Å². The lowest BCUT2D eigenvalue weighted by molar-refractivity contribution is 0.428. The number of nitrogens with zero attached hydrogens (tertiary/aromatic N) is 2. The topological polar surface area (TPSA) is 57.4 Å². The number of benzene rings is 1. The zero-order chi connectivity index (χ0) is 15.4. The van der Waals surface area contributed by atoms with Gasteiger partial charge in [0.2, 0.25) is 0 Å². The van der Waals surface area contributed by atoms with Crippen LogP contribution in [0.2, 0.25) is 0 Å². The lowest BCUT2D eigenvalue weighted by atomic mass is 10.1. The molecule has 1 aromatic carbocycles. The largest absolute Gasteiger partial charge is 0.370 e. The number of halogens is 1. The van der Waals surface area contributed by atoms with E-state index in [4.69, 9.17) is 5.73 Å². The van der Waals surface area contributed by atoms with Gasteiger partial charge in [-0.3, -0.25) is 4.99 Å². The van der Waals surface area contributed by atoms with Crippen LogP contribution in [0.3, 0.4) is 0 Å². The van der Waals surface area contributed by atoms with Crippen LogP contribution in [0.5, 0.6) is 0 Å². The molecule has 1 saturated heterocycles. The van der Waals surface area contributed by atoms with E-state index >= 15 is 0 Å². The van der Waals surface area contributed by atoms with E-state index < -0.39 is 0 Å². The number of aromatic amines is 1. The average molecular weight is 426 g/mol. The molecule has 0 saturated carbocycles. The fraction of sp³-hybridized carbons (Fsp3) is 0.500.